The number of benzene rings is 1. The predicted octanol–water partition coefficient (Wildman–Crippen LogP) is 4.17. The van der Waals surface area contributed by atoms with Crippen LogP contribution in [0.25, 0.3) is 11.4 Å². The Morgan fingerprint density at radius 3 is 2.56 bits per heavy atom. The van der Waals surface area contributed by atoms with Crippen molar-refractivity contribution in [3.63, 3.8) is 0 Å². The molecule has 2 N–H and O–H groups in total. The van der Waals surface area contributed by atoms with Crippen molar-refractivity contribution in [3.8, 4) is 22.9 Å². The van der Waals surface area contributed by atoms with E-state index in [1.54, 1.807) is 20.3 Å². The minimum atomic E-state index is 0.259. The summed E-state index contributed by atoms with van der Waals surface area (Å²) in [6, 6.07) is 3.55. The summed E-state index contributed by atoms with van der Waals surface area (Å²) in [5, 5.41) is 4.87. The Hall–Kier alpha value is -1.95. The number of rotatable bonds is 6. The minimum absolute atomic E-state index is 0.259. The van der Waals surface area contributed by atoms with Crippen LogP contribution in [-0.4, -0.2) is 29.0 Å². The number of aryl methyl sites for hydroxylation is 1. The molecule has 6 nitrogen and oxygen atoms in total. The lowest BCUT2D eigenvalue weighted by Gasteiger charge is -2.21. The summed E-state index contributed by atoms with van der Waals surface area (Å²) in [5.74, 6) is 2.89. The highest BCUT2D eigenvalue weighted by molar-refractivity contribution is 6.32. The number of hydrogen-bond donors (Lipinski definition) is 1. The van der Waals surface area contributed by atoms with E-state index in [1.807, 2.05) is 10.7 Å². The number of nitrogens with two attached hydrogens (primary N) is 1. The Balaban J connectivity index is 1.89. The molecule has 0 saturated heterocycles. The number of nitrogen functional groups attached to an aromatic ring is 1. The van der Waals surface area contributed by atoms with Crippen LogP contribution in [0, 0.1) is 5.92 Å². The maximum Gasteiger partial charge on any atom is 0.240 e. The second kappa shape index (κ2) is 7.95. The summed E-state index contributed by atoms with van der Waals surface area (Å²) < 4.78 is 12.7. The molecule has 1 saturated carbocycles. The van der Waals surface area contributed by atoms with E-state index >= 15 is 0 Å². The maximum absolute atomic E-state index is 6.20. The summed E-state index contributed by atoms with van der Waals surface area (Å²) in [7, 11) is 3.19. The zero-order chi connectivity index (χ0) is 17.8. The standard InChI is InChI=1S/C18H25ClN4O2/c1-24-15-11-14(19)16(25-2)10-13(15)17-21-18(20)22-23(17)9-8-12-6-4-3-5-7-12/h10-12H,3-9H2,1-2H3,(H2,20,22). The summed E-state index contributed by atoms with van der Waals surface area (Å²) >= 11 is 6.20. The van der Waals surface area contributed by atoms with Crippen molar-refractivity contribution in [2.75, 3.05) is 20.0 Å². The SMILES string of the molecule is COc1cc(-c2nc(N)nn2CCC2CCCCC2)c(OC)cc1Cl. The lowest BCUT2D eigenvalue weighted by Crippen LogP contribution is -2.12. The van der Waals surface area contributed by atoms with E-state index in [4.69, 9.17) is 26.8 Å². The summed E-state index contributed by atoms with van der Waals surface area (Å²) in [5.41, 5.74) is 6.65. The second-order valence-electron chi connectivity index (χ2n) is 6.50. The third kappa shape index (κ3) is 4.00. The first-order valence-electron chi connectivity index (χ1n) is 8.74. The highest BCUT2D eigenvalue weighted by Crippen LogP contribution is 2.38. The van der Waals surface area contributed by atoms with Gasteiger partial charge in [0, 0.05) is 12.6 Å². The first-order chi connectivity index (χ1) is 12.1. The number of aromatic nitrogens is 3. The fourth-order valence-electron chi connectivity index (χ4n) is 3.53. The first-order valence-corrected chi connectivity index (χ1v) is 9.12. The number of methoxy groups -OCH3 is 2. The van der Waals surface area contributed by atoms with Crippen molar-refractivity contribution in [3.05, 3.63) is 17.2 Å². The van der Waals surface area contributed by atoms with E-state index < -0.39 is 0 Å². The number of ether oxygens (including phenoxy) is 2. The van der Waals surface area contributed by atoms with Crippen LogP contribution < -0.4 is 15.2 Å². The van der Waals surface area contributed by atoms with Crippen LogP contribution in [0.5, 0.6) is 11.5 Å². The van der Waals surface area contributed by atoms with Gasteiger partial charge in [-0.25, -0.2) is 4.68 Å². The molecule has 0 radical (unpaired) electrons. The van der Waals surface area contributed by atoms with Crippen LogP contribution in [-0.2, 0) is 6.54 Å². The average molecular weight is 365 g/mol. The van der Waals surface area contributed by atoms with Gasteiger partial charge in [-0.15, -0.1) is 5.10 Å². The van der Waals surface area contributed by atoms with E-state index in [-0.39, 0.29) is 5.95 Å². The fourth-order valence-corrected chi connectivity index (χ4v) is 3.76. The first kappa shape index (κ1) is 17.9. The molecule has 0 atom stereocenters. The van der Waals surface area contributed by atoms with Gasteiger partial charge in [0.2, 0.25) is 5.95 Å². The van der Waals surface area contributed by atoms with E-state index in [0.29, 0.717) is 22.3 Å². The zero-order valence-corrected chi connectivity index (χ0v) is 15.6. The van der Waals surface area contributed by atoms with Crippen LogP contribution in [0.4, 0.5) is 5.95 Å². The van der Waals surface area contributed by atoms with Gasteiger partial charge in [0.1, 0.15) is 11.5 Å². The molecule has 1 heterocycles. The third-order valence-corrected chi connectivity index (χ3v) is 5.17. The van der Waals surface area contributed by atoms with Crippen molar-refractivity contribution >= 4 is 17.5 Å². The van der Waals surface area contributed by atoms with Crippen molar-refractivity contribution in [1.29, 1.82) is 0 Å². The number of halogens is 1. The van der Waals surface area contributed by atoms with Gasteiger partial charge in [-0.1, -0.05) is 43.7 Å². The van der Waals surface area contributed by atoms with Crippen molar-refractivity contribution in [2.45, 2.75) is 45.1 Å². The Morgan fingerprint density at radius 1 is 1.16 bits per heavy atom. The highest BCUT2D eigenvalue weighted by Gasteiger charge is 2.20. The summed E-state index contributed by atoms with van der Waals surface area (Å²) in [4.78, 5) is 4.41. The average Bonchev–Trinajstić information content (AvgIpc) is 3.01. The normalized spacial score (nSPS) is 15.3. The van der Waals surface area contributed by atoms with Crippen LogP contribution in [0.15, 0.2) is 12.1 Å². The lowest BCUT2D eigenvalue weighted by atomic mass is 9.87. The Labute approximate surface area is 153 Å². The second-order valence-corrected chi connectivity index (χ2v) is 6.90. The summed E-state index contributed by atoms with van der Waals surface area (Å²) in [6.45, 7) is 0.790. The van der Waals surface area contributed by atoms with E-state index in [2.05, 4.69) is 10.1 Å². The molecular formula is C18H25ClN4O2. The maximum atomic E-state index is 6.20. The Morgan fingerprint density at radius 2 is 1.88 bits per heavy atom. The molecule has 0 aliphatic heterocycles. The molecule has 25 heavy (non-hydrogen) atoms. The lowest BCUT2D eigenvalue weighted by molar-refractivity contribution is 0.319. The van der Waals surface area contributed by atoms with Gasteiger partial charge in [-0.3, -0.25) is 0 Å². The molecule has 7 heteroatoms. The van der Waals surface area contributed by atoms with Crippen molar-refractivity contribution in [2.24, 2.45) is 5.92 Å². The molecule has 136 valence electrons. The molecule has 0 bridgehead atoms. The third-order valence-electron chi connectivity index (χ3n) is 4.88. The molecule has 1 aliphatic carbocycles. The monoisotopic (exact) mass is 364 g/mol. The minimum Gasteiger partial charge on any atom is -0.496 e. The van der Waals surface area contributed by atoms with Gasteiger partial charge in [0.25, 0.3) is 0 Å². The molecule has 2 aromatic rings. The largest absolute Gasteiger partial charge is 0.496 e. The molecule has 0 unspecified atom stereocenters. The smallest absolute Gasteiger partial charge is 0.240 e. The van der Waals surface area contributed by atoms with Gasteiger partial charge >= 0.3 is 0 Å². The van der Waals surface area contributed by atoms with Crippen LogP contribution in [0.3, 0.4) is 0 Å². The van der Waals surface area contributed by atoms with Crippen LogP contribution in [0.1, 0.15) is 38.5 Å². The van der Waals surface area contributed by atoms with E-state index in [1.165, 1.54) is 32.1 Å². The van der Waals surface area contributed by atoms with Gasteiger partial charge < -0.3 is 15.2 Å². The van der Waals surface area contributed by atoms with Crippen LogP contribution >= 0.6 is 11.6 Å². The molecule has 1 aliphatic rings. The van der Waals surface area contributed by atoms with Gasteiger partial charge in [0.05, 0.1) is 24.8 Å². The molecule has 0 amide bonds. The van der Waals surface area contributed by atoms with Crippen molar-refractivity contribution in [1.82, 2.24) is 14.8 Å². The Kier molecular flexibility index (Phi) is 5.68. The molecule has 1 aromatic carbocycles. The molecular weight excluding hydrogens is 340 g/mol. The highest BCUT2D eigenvalue weighted by atomic mass is 35.5. The van der Waals surface area contributed by atoms with E-state index in [0.717, 1.165) is 24.4 Å². The summed E-state index contributed by atoms with van der Waals surface area (Å²) in [6.07, 6.45) is 7.72. The molecule has 1 aromatic heterocycles. The molecule has 3 rings (SSSR count). The quantitative estimate of drug-likeness (QED) is 0.832. The van der Waals surface area contributed by atoms with Gasteiger partial charge in [-0.2, -0.15) is 4.98 Å². The number of nitrogens with zero attached hydrogens (tertiary/aromatic N) is 3. The van der Waals surface area contributed by atoms with Crippen LogP contribution in [0.2, 0.25) is 5.02 Å². The molecule has 0 spiro atoms. The van der Waals surface area contributed by atoms with Gasteiger partial charge in [0.15, 0.2) is 5.82 Å². The van der Waals surface area contributed by atoms with E-state index in [9.17, 15) is 0 Å². The topological polar surface area (TPSA) is 75.2 Å². The van der Waals surface area contributed by atoms with Gasteiger partial charge in [-0.05, 0) is 18.4 Å². The van der Waals surface area contributed by atoms with Crippen molar-refractivity contribution < 1.29 is 9.47 Å². The number of hydrogen-bond acceptors (Lipinski definition) is 5. The Bertz CT molecular complexity index is 726. The number of anilines is 1. The predicted molar refractivity (Wildman–Crippen MR) is 99.2 cm³/mol. The zero-order valence-electron chi connectivity index (χ0n) is 14.8. The fraction of sp³-hybridized carbons (Fsp3) is 0.556. The molecule has 1 fully saturated rings.